The second-order valence-electron chi connectivity index (χ2n) is 3.37. The lowest BCUT2D eigenvalue weighted by Gasteiger charge is -2.04. The Labute approximate surface area is 98.7 Å². The van der Waals surface area contributed by atoms with E-state index in [0.29, 0.717) is 0 Å². The summed E-state index contributed by atoms with van der Waals surface area (Å²) in [5.74, 6) is 0. The number of hydrogen-bond acceptors (Lipinski definition) is 2. The Morgan fingerprint density at radius 2 is 1.87 bits per heavy atom. The number of halogens is 1. The van der Waals surface area contributed by atoms with Gasteiger partial charge >= 0.3 is 0 Å². The van der Waals surface area contributed by atoms with E-state index >= 15 is 0 Å². The molecule has 3 heteroatoms. The lowest BCUT2D eigenvalue weighted by molar-refractivity contribution is 1.19. The van der Waals surface area contributed by atoms with Crippen molar-refractivity contribution in [2.75, 3.05) is 5.32 Å². The first-order chi connectivity index (χ1) is 7.24. The standard InChI is InChI=1S/C12H12ClNS/c1-9-2-7-12(15-9)8-14-11-5-3-10(13)4-6-11/h2-7,14H,8H2,1H3. The summed E-state index contributed by atoms with van der Waals surface area (Å²) < 4.78 is 0. The van der Waals surface area contributed by atoms with Crippen molar-refractivity contribution in [2.24, 2.45) is 0 Å². The Hall–Kier alpha value is -0.990. The van der Waals surface area contributed by atoms with Crippen LogP contribution >= 0.6 is 22.9 Å². The van der Waals surface area contributed by atoms with E-state index < -0.39 is 0 Å². The summed E-state index contributed by atoms with van der Waals surface area (Å²) in [4.78, 5) is 2.70. The summed E-state index contributed by atoms with van der Waals surface area (Å²) in [6, 6.07) is 12.1. The maximum Gasteiger partial charge on any atom is 0.0494 e. The molecule has 0 bridgehead atoms. The zero-order valence-electron chi connectivity index (χ0n) is 8.46. The van der Waals surface area contributed by atoms with Crippen LogP contribution in [0.5, 0.6) is 0 Å². The highest BCUT2D eigenvalue weighted by atomic mass is 35.5. The molecular formula is C12H12ClNS. The van der Waals surface area contributed by atoms with Crippen molar-refractivity contribution in [3.8, 4) is 0 Å². The third-order valence-electron chi connectivity index (χ3n) is 2.11. The van der Waals surface area contributed by atoms with Gasteiger partial charge in [0.05, 0.1) is 0 Å². The molecule has 0 saturated heterocycles. The van der Waals surface area contributed by atoms with Crippen molar-refractivity contribution < 1.29 is 0 Å². The summed E-state index contributed by atoms with van der Waals surface area (Å²) in [6.45, 7) is 3.00. The number of aryl methyl sites for hydroxylation is 1. The molecule has 1 N–H and O–H groups in total. The van der Waals surface area contributed by atoms with Crippen molar-refractivity contribution in [3.63, 3.8) is 0 Å². The fourth-order valence-corrected chi connectivity index (χ4v) is 2.29. The monoisotopic (exact) mass is 237 g/mol. The number of rotatable bonds is 3. The molecule has 0 aliphatic rings. The SMILES string of the molecule is Cc1ccc(CNc2ccc(Cl)cc2)s1. The second-order valence-corrected chi connectivity index (χ2v) is 5.18. The first-order valence-electron chi connectivity index (χ1n) is 4.79. The van der Waals surface area contributed by atoms with E-state index in [9.17, 15) is 0 Å². The Morgan fingerprint density at radius 1 is 1.13 bits per heavy atom. The van der Waals surface area contributed by atoms with E-state index in [4.69, 9.17) is 11.6 Å². The number of thiophene rings is 1. The van der Waals surface area contributed by atoms with Crippen molar-refractivity contribution in [3.05, 3.63) is 51.2 Å². The van der Waals surface area contributed by atoms with Gasteiger partial charge in [-0.3, -0.25) is 0 Å². The second kappa shape index (κ2) is 4.69. The third-order valence-corrected chi connectivity index (χ3v) is 3.36. The molecule has 0 saturated carbocycles. The van der Waals surface area contributed by atoms with Crippen LogP contribution in [0.2, 0.25) is 5.02 Å². The normalized spacial score (nSPS) is 10.3. The average Bonchev–Trinajstić information content (AvgIpc) is 2.64. The molecule has 2 rings (SSSR count). The van der Waals surface area contributed by atoms with Gasteiger partial charge in [-0.05, 0) is 43.3 Å². The van der Waals surface area contributed by atoms with Gasteiger partial charge in [0.2, 0.25) is 0 Å². The van der Waals surface area contributed by atoms with Crippen molar-refractivity contribution >= 4 is 28.6 Å². The summed E-state index contributed by atoms with van der Waals surface area (Å²) in [5.41, 5.74) is 1.10. The van der Waals surface area contributed by atoms with Crippen LogP contribution in [0.4, 0.5) is 5.69 Å². The van der Waals surface area contributed by atoms with E-state index in [-0.39, 0.29) is 0 Å². The minimum atomic E-state index is 0.771. The lowest BCUT2D eigenvalue weighted by Crippen LogP contribution is -1.96. The smallest absolute Gasteiger partial charge is 0.0494 e. The van der Waals surface area contributed by atoms with Crippen LogP contribution in [-0.4, -0.2) is 0 Å². The fraction of sp³-hybridized carbons (Fsp3) is 0.167. The summed E-state index contributed by atoms with van der Waals surface area (Å²) >= 11 is 7.63. The molecule has 1 aromatic heterocycles. The van der Waals surface area contributed by atoms with Crippen LogP contribution in [0.1, 0.15) is 9.75 Å². The molecule has 0 fully saturated rings. The van der Waals surface area contributed by atoms with Gasteiger partial charge in [0.15, 0.2) is 0 Å². The van der Waals surface area contributed by atoms with Crippen molar-refractivity contribution in [1.82, 2.24) is 0 Å². The zero-order valence-corrected chi connectivity index (χ0v) is 10.0. The van der Waals surface area contributed by atoms with Gasteiger partial charge in [0, 0.05) is 27.0 Å². The van der Waals surface area contributed by atoms with Gasteiger partial charge in [-0.25, -0.2) is 0 Å². The van der Waals surface area contributed by atoms with Gasteiger partial charge in [0.25, 0.3) is 0 Å². The third kappa shape index (κ3) is 2.98. The molecule has 1 nitrogen and oxygen atoms in total. The first kappa shape index (κ1) is 10.5. The molecule has 0 spiro atoms. The van der Waals surface area contributed by atoms with E-state index in [2.05, 4.69) is 24.4 Å². The molecule has 78 valence electrons. The first-order valence-corrected chi connectivity index (χ1v) is 5.98. The topological polar surface area (TPSA) is 12.0 Å². The average molecular weight is 238 g/mol. The van der Waals surface area contributed by atoms with Gasteiger partial charge in [-0.1, -0.05) is 11.6 Å². The molecule has 2 aromatic rings. The van der Waals surface area contributed by atoms with Crippen LogP contribution in [-0.2, 0) is 6.54 Å². The largest absolute Gasteiger partial charge is 0.380 e. The molecule has 1 aromatic carbocycles. The molecule has 0 unspecified atom stereocenters. The zero-order chi connectivity index (χ0) is 10.7. The molecule has 0 aliphatic carbocycles. The van der Waals surface area contributed by atoms with Crippen LogP contribution in [0.3, 0.4) is 0 Å². The summed E-state index contributed by atoms with van der Waals surface area (Å²) in [7, 11) is 0. The highest BCUT2D eigenvalue weighted by molar-refractivity contribution is 7.11. The molecular weight excluding hydrogens is 226 g/mol. The number of benzene rings is 1. The van der Waals surface area contributed by atoms with Gasteiger partial charge in [-0.2, -0.15) is 0 Å². The molecule has 0 atom stereocenters. The quantitative estimate of drug-likeness (QED) is 0.838. The highest BCUT2D eigenvalue weighted by Gasteiger charge is 1.96. The molecule has 0 amide bonds. The summed E-state index contributed by atoms with van der Waals surface area (Å²) in [5, 5.41) is 4.12. The van der Waals surface area contributed by atoms with Crippen molar-refractivity contribution in [2.45, 2.75) is 13.5 Å². The number of hydrogen-bond donors (Lipinski definition) is 1. The van der Waals surface area contributed by atoms with E-state index in [1.807, 2.05) is 35.6 Å². The Morgan fingerprint density at radius 3 is 2.47 bits per heavy atom. The highest BCUT2D eigenvalue weighted by Crippen LogP contribution is 2.18. The fourth-order valence-electron chi connectivity index (χ4n) is 1.34. The van der Waals surface area contributed by atoms with Crippen LogP contribution in [0.15, 0.2) is 36.4 Å². The Kier molecular flexibility index (Phi) is 3.29. The number of nitrogens with one attached hydrogen (secondary N) is 1. The maximum atomic E-state index is 5.81. The Balaban J connectivity index is 1.96. The van der Waals surface area contributed by atoms with E-state index in [1.165, 1.54) is 9.75 Å². The predicted octanol–water partition coefficient (Wildman–Crippen LogP) is 4.32. The lowest BCUT2D eigenvalue weighted by atomic mass is 10.3. The van der Waals surface area contributed by atoms with E-state index in [1.54, 1.807) is 0 Å². The van der Waals surface area contributed by atoms with Crippen LogP contribution in [0, 0.1) is 6.92 Å². The number of anilines is 1. The van der Waals surface area contributed by atoms with Gasteiger partial charge in [-0.15, -0.1) is 11.3 Å². The molecule has 0 aliphatic heterocycles. The van der Waals surface area contributed by atoms with Gasteiger partial charge < -0.3 is 5.32 Å². The minimum Gasteiger partial charge on any atom is -0.380 e. The van der Waals surface area contributed by atoms with Crippen LogP contribution in [0.25, 0.3) is 0 Å². The van der Waals surface area contributed by atoms with Gasteiger partial charge in [0.1, 0.15) is 0 Å². The predicted molar refractivity (Wildman–Crippen MR) is 67.8 cm³/mol. The van der Waals surface area contributed by atoms with Crippen molar-refractivity contribution in [1.29, 1.82) is 0 Å². The maximum absolute atomic E-state index is 5.81. The molecule has 1 heterocycles. The Bertz CT molecular complexity index is 433. The van der Waals surface area contributed by atoms with E-state index in [0.717, 1.165) is 17.3 Å². The molecule has 15 heavy (non-hydrogen) atoms. The minimum absolute atomic E-state index is 0.771. The summed E-state index contributed by atoms with van der Waals surface area (Å²) in [6.07, 6.45) is 0. The molecule has 0 radical (unpaired) electrons. The van der Waals surface area contributed by atoms with Crippen LogP contribution < -0.4 is 5.32 Å².